The molecule has 0 unspecified atom stereocenters. The van der Waals surface area contributed by atoms with Gasteiger partial charge in [0, 0.05) is 5.56 Å². The van der Waals surface area contributed by atoms with Crippen molar-refractivity contribution in [2.75, 3.05) is 0 Å². The molecule has 0 heterocycles. The predicted octanol–water partition coefficient (Wildman–Crippen LogP) is 11.7. The molecule has 0 amide bonds. The van der Waals surface area contributed by atoms with Gasteiger partial charge in [0.15, 0.2) is 0 Å². The molecule has 0 fully saturated rings. The number of aromatic hydroxyl groups is 1. The van der Waals surface area contributed by atoms with Crippen LogP contribution in [0.5, 0.6) is 5.75 Å². The summed E-state index contributed by atoms with van der Waals surface area (Å²) in [6.45, 7) is 6.90. The molecule has 0 aliphatic heterocycles. The van der Waals surface area contributed by atoms with Crippen molar-refractivity contribution >= 4 is 0 Å². The number of phenols is 1. The van der Waals surface area contributed by atoms with Crippen LogP contribution < -0.4 is 0 Å². The highest BCUT2D eigenvalue weighted by molar-refractivity contribution is 5.38. The van der Waals surface area contributed by atoms with Crippen LogP contribution >= 0.6 is 0 Å². The summed E-state index contributed by atoms with van der Waals surface area (Å²) in [6, 6.07) is 8.31. The minimum atomic E-state index is 0.170. The van der Waals surface area contributed by atoms with Gasteiger partial charge in [-0.1, -0.05) is 167 Å². The second kappa shape index (κ2) is 21.3. The van der Waals surface area contributed by atoms with Crippen molar-refractivity contribution in [2.24, 2.45) is 0 Å². The Morgan fingerprint density at radius 2 is 0.794 bits per heavy atom. The zero-order valence-electron chi connectivity index (χ0n) is 23.5. The average Bonchev–Trinajstić information content (AvgIpc) is 2.85. The lowest BCUT2D eigenvalue weighted by Crippen LogP contribution is -2.27. The fraction of sp³-hybridized carbons (Fsp3) is 0.818. The maximum atomic E-state index is 10.9. The van der Waals surface area contributed by atoms with E-state index in [1.165, 1.54) is 153 Å². The molecule has 1 heteroatoms. The quantitative estimate of drug-likeness (QED) is 0.148. The van der Waals surface area contributed by atoms with Crippen molar-refractivity contribution in [3.8, 4) is 5.75 Å². The number of benzene rings is 1. The molecule has 0 aromatic heterocycles. The lowest BCUT2D eigenvalue weighted by Gasteiger charge is -2.36. The molecule has 0 radical (unpaired) electrons. The topological polar surface area (TPSA) is 20.2 Å². The van der Waals surface area contributed by atoms with Gasteiger partial charge in [0.05, 0.1) is 0 Å². The molecule has 0 saturated heterocycles. The Morgan fingerprint density at radius 1 is 0.471 bits per heavy atom. The summed E-state index contributed by atoms with van der Waals surface area (Å²) in [7, 11) is 0. The molecule has 1 nitrogen and oxygen atoms in total. The number of unbranched alkanes of at least 4 members (excludes halogenated alkanes) is 17. The van der Waals surface area contributed by atoms with Gasteiger partial charge in [-0.3, -0.25) is 0 Å². The maximum absolute atomic E-state index is 10.9. The van der Waals surface area contributed by atoms with E-state index in [2.05, 4.69) is 32.9 Å². The molecule has 1 aromatic carbocycles. The first-order chi connectivity index (χ1) is 16.7. The van der Waals surface area contributed by atoms with Crippen molar-refractivity contribution in [2.45, 2.75) is 174 Å². The van der Waals surface area contributed by atoms with E-state index in [1.54, 1.807) is 0 Å². The maximum Gasteiger partial charge on any atom is 0.119 e. The third kappa shape index (κ3) is 13.8. The second-order valence-electron chi connectivity index (χ2n) is 11.1. The van der Waals surface area contributed by atoms with E-state index in [4.69, 9.17) is 0 Å². The normalized spacial score (nSPS) is 11.9. The number of rotatable bonds is 24. The second-order valence-corrected chi connectivity index (χ2v) is 11.1. The molecule has 34 heavy (non-hydrogen) atoms. The smallest absolute Gasteiger partial charge is 0.119 e. The van der Waals surface area contributed by atoms with Gasteiger partial charge in [-0.2, -0.15) is 0 Å². The molecule has 0 bridgehead atoms. The molecule has 0 aliphatic carbocycles. The molecular formula is C33H60O. The van der Waals surface area contributed by atoms with E-state index >= 15 is 0 Å². The predicted molar refractivity (Wildman–Crippen MR) is 153 cm³/mol. The van der Waals surface area contributed by atoms with E-state index in [0.29, 0.717) is 5.75 Å². The largest absolute Gasteiger partial charge is 0.508 e. The third-order valence-electron chi connectivity index (χ3n) is 8.00. The lowest BCUT2D eigenvalue weighted by molar-refractivity contribution is 0.289. The van der Waals surface area contributed by atoms with Crippen molar-refractivity contribution in [3.05, 3.63) is 29.8 Å². The number of phenolic OH excluding ortho intramolecular Hbond substituents is 1. The van der Waals surface area contributed by atoms with Gasteiger partial charge in [0.25, 0.3) is 0 Å². The SMILES string of the molecule is CCCCCCCCCCC(CCCCCC)(CCCCCCCCCC)c1ccccc1O. The van der Waals surface area contributed by atoms with Gasteiger partial charge >= 0.3 is 0 Å². The molecular weight excluding hydrogens is 412 g/mol. The molecule has 0 atom stereocenters. The van der Waals surface area contributed by atoms with Crippen LogP contribution in [0.1, 0.15) is 174 Å². The molecule has 0 aliphatic rings. The van der Waals surface area contributed by atoms with Crippen LogP contribution in [-0.4, -0.2) is 5.11 Å². The van der Waals surface area contributed by atoms with E-state index in [0.717, 1.165) is 0 Å². The van der Waals surface area contributed by atoms with Crippen LogP contribution in [0.3, 0.4) is 0 Å². The average molecular weight is 473 g/mol. The van der Waals surface area contributed by atoms with Crippen LogP contribution in [0.15, 0.2) is 24.3 Å². The summed E-state index contributed by atoms with van der Waals surface area (Å²) in [6.07, 6.45) is 31.0. The monoisotopic (exact) mass is 472 g/mol. The summed E-state index contributed by atoms with van der Waals surface area (Å²) in [5.41, 5.74) is 1.42. The van der Waals surface area contributed by atoms with E-state index < -0.39 is 0 Å². The fourth-order valence-corrected chi connectivity index (χ4v) is 5.79. The number of para-hydroxylation sites is 1. The summed E-state index contributed by atoms with van der Waals surface area (Å²) in [5, 5.41) is 10.9. The van der Waals surface area contributed by atoms with E-state index in [1.807, 2.05) is 12.1 Å². The Kier molecular flexibility index (Phi) is 19.5. The highest BCUT2D eigenvalue weighted by Gasteiger charge is 2.32. The first kappa shape index (κ1) is 31.1. The van der Waals surface area contributed by atoms with Crippen LogP contribution in [0.2, 0.25) is 0 Å². The van der Waals surface area contributed by atoms with Crippen molar-refractivity contribution < 1.29 is 5.11 Å². The van der Waals surface area contributed by atoms with Gasteiger partial charge in [0.2, 0.25) is 0 Å². The first-order valence-electron chi connectivity index (χ1n) is 15.5. The Bertz CT molecular complexity index is 543. The highest BCUT2D eigenvalue weighted by Crippen LogP contribution is 2.44. The summed E-state index contributed by atoms with van der Waals surface area (Å²) in [5.74, 6) is 0.539. The highest BCUT2D eigenvalue weighted by atomic mass is 16.3. The number of hydrogen-bond acceptors (Lipinski definition) is 1. The van der Waals surface area contributed by atoms with Gasteiger partial charge < -0.3 is 5.11 Å². The zero-order chi connectivity index (χ0) is 24.7. The van der Waals surface area contributed by atoms with Crippen molar-refractivity contribution in [1.29, 1.82) is 0 Å². The lowest BCUT2D eigenvalue weighted by atomic mass is 9.69. The minimum absolute atomic E-state index is 0.170. The molecule has 1 rings (SSSR count). The zero-order valence-corrected chi connectivity index (χ0v) is 23.5. The van der Waals surface area contributed by atoms with Gasteiger partial charge in [-0.25, -0.2) is 0 Å². The van der Waals surface area contributed by atoms with Gasteiger partial charge in [-0.05, 0) is 30.7 Å². The van der Waals surface area contributed by atoms with Gasteiger partial charge in [-0.15, -0.1) is 0 Å². The Labute approximate surface area is 214 Å². The van der Waals surface area contributed by atoms with Gasteiger partial charge in [0.1, 0.15) is 5.75 Å². The third-order valence-corrected chi connectivity index (χ3v) is 8.00. The summed E-state index contributed by atoms with van der Waals surface area (Å²) < 4.78 is 0. The summed E-state index contributed by atoms with van der Waals surface area (Å²) >= 11 is 0. The van der Waals surface area contributed by atoms with E-state index in [-0.39, 0.29) is 5.41 Å². The molecule has 1 aromatic rings. The van der Waals surface area contributed by atoms with Crippen molar-refractivity contribution in [1.82, 2.24) is 0 Å². The fourth-order valence-electron chi connectivity index (χ4n) is 5.79. The first-order valence-corrected chi connectivity index (χ1v) is 15.5. The Balaban J connectivity index is 2.71. The van der Waals surface area contributed by atoms with Crippen molar-refractivity contribution in [3.63, 3.8) is 0 Å². The molecule has 0 saturated carbocycles. The molecule has 0 spiro atoms. The summed E-state index contributed by atoms with van der Waals surface area (Å²) in [4.78, 5) is 0. The Morgan fingerprint density at radius 3 is 1.18 bits per heavy atom. The number of hydrogen-bond donors (Lipinski definition) is 1. The molecule has 198 valence electrons. The molecule has 1 N–H and O–H groups in total. The van der Waals surface area contributed by atoms with Crippen LogP contribution in [0, 0.1) is 0 Å². The van der Waals surface area contributed by atoms with Crippen LogP contribution in [-0.2, 0) is 5.41 Å². The van der Waals surface area contributed by atoms with Crippen LogP contribution in [0.4, 0.5) is 0 Å². The van der Waals surface area contributed by atoms with E-state index in [9.17, 15) is 5.11 Å². The Hall–Kier alpha value is -0.980. The standard InChI is InChI=1S/C33H60O/c1-4-7-10-13-15-17-19-24-29-33(28-23-12-9-6-3,31-26-21-22-27-32(31)34)30-25-20-18-16-14-11-8-5-2/h21-22,26-27,34H,4-20,23-25,28-30H2,1-3H3. The minimum Gasteiger partial charge on any atom is -0.508 e. The van der Waals surface area contributed by atoms with Crippen LogP contribution in [0.25, 0.3) is 0 Å².